The Morgan fingerprint density at radius 1 is 1.24 bits per heavy atom. The van der Waals surface area contributed by atoms with Gasteiger partial charge >= 0.3 is 0 Å². The van der Waals surface area contributed by atoms with Gasteiger partial charge in [0.25, 0.3) is 0 Å². The van der Waals surface area contributed by atoms with Crippen LogP contribution in [-0.2, 0) is 4.79 Å². The maximum atomic E-state index is 11.7. The van der Waals surface area contributed by atoms with Crippen LogP contribution >= 0.6 is 0 Å². The molecule has 0 aliphatic heterocycles. The van der Waals surface area contributed by atoms with Gasteiger partial charge in [-0.25, -0.2) is 0 Å². The average molecular weight is 244 g/mol. The van der Waals surface area contributed by atoms with Gasteiger partial charge in [0.1, 0.15) is 0 Å². The molecule has 1 amide bonds. The highest BCUT2D eigenvalue weighted by atomic mass is 16.3. The number of nitrogens with one attached hydrogen (secondary N) is 2. The molecule has 0 fully saturated rings. The van der Waals surface area contributed by atoms with E-state index in [0.29, 0.717) is 19.4 Å². The van der Waals surface area contributed by atoms with E-state index in [2.05, 4.69) is 31.4 Å². The van der Waals surface area contributed by atoms with E-state index in [4.69, 9.17) is 5.11 Å². The maximum absolute atomic E-state index is 11.7. The molecule has 4 heteroatoms. The third-order valence-corrected chi connectivity index (χ3v) is 2.89. The highest BCUT2D eigenvalue weighted by Crippen LogP contribution is 2.13. The number of aliphatic hydroxyl groups is 1. The van der Waals surface area contributed by atoms with Crippen molar-refractivity contribution in [2.24, 2.45) is 0 Å². The molecule has 0 heterocycles. The lowest BCUT2D eigenvalue weighted by Crippen LogP contribution is -2.47. The van der Waals surface area contributed by atoms with Gasteiger partial charge in [-0.15, -0.1) is 0 Å². The smallest absolute Gasteiger partial charge is 0.221 e. The molecular formula is C13H28N2O2. The van der Waals surface area contributed by atoms with E-state index >= 15 is 0 Å². The van der Waals surface area contributed by atoms with Gasteiger partial charge in [-0.1, -0.05) is 6.92 Å². The number of amides is 1. The summed E-state index contributed by atoms with van der Waals surface area (Å²) >= 11 is 0. The molecule has 0 aliphatic carbocycles. The van der Waals surface area contributed by atoms with Crippen molar-refractivity contribution in [2.45, 2.75) is 65.0 Å². The molecule has 102 valence electrons. The molecule has 0 aromatic rings. The number of carbonyl (C=O) groups is 1. The van der Waals surface area contributed by atoms with Crippen LogP contribution in [0.4, 0.5) is 0 Å². The third kappa shape index (κ3) is 8.16. The first-order valence-corrected chi connectivity index (χ1v) is 6.39. The van der Waals surface area contributed by atoms with E-state index < -0.39 is 0 Å². The minimum Gasteiger partial charge on any atom is -0.396 e. The van der Waals surface area contributed by atoms with Gasteiger partial charge in [0.2, 0.25) is 5.91 Å². The summed E-state index contributed by atoms with van der Waals surface area (Å²) in [6, 6.07) is 0. The molecule has 0 radical (unpaired) electrons. The standard InChI is InChI=1S/C13H28N2O2/c1-6-13(5,8-10-16)15-11(17)7-9-14-12(2,3)4/h14,16H,6-10H2,1-5H3,(H,15,17). The molecule has 3 N–H and O–H groups in total. The second-order valence-electron chi connectivity index (χ2n) is 5.86. The Hall–Kier alpha value is -0.610. The van der Waals surface area contributed by atoms with Crippen molar-refractivity contribution in [2.75, 3.05) is 13.2 Å². The summed E-state index contributed by atoms with van der Waals surface area (Å²) in [6.07, 6.45) is 1.90. The summed E-state index contributed by atoms with van der Waals surface area (Å²) in [5, 5.41) is 15.2. The van der Waals surface area contributed by atoms with E-state index in [1.807, 2.05) is 13.8 Å². The summed E-state index contributed by atoms with van der Waals surface area (Å²) in [7, 11) is 0. The number of rotatable bonds is 7. The van der Waals surface area contributed by atoms with Crippen LogP contribution in [0, 0.1) is 0 Å². The molecule has 0 saturated carbocycles. The Kier molecular flexibility index (Phi) is 6.72. The van der Waals surface area contributed by atoms with Crippen molar-refractivity contribution in [3.05, 3.63) is 0 Å². The average Bonchev–Trinajstić information content (AvgIpc) is 2.15. The van der Waals surface area contributed by atoms with Crippen LogP contribution in [0.25, 0.3) is 0 Å². The fourth-order valence-corrected chi connectivity index (χ4v) is 1.52. The Balaban J connectivity index is 4.00. The molecule has 0 spiro atoms. The Bertz CT molecular complexity index is 236. The molecule has 4 nitrogen and oxygen atoms in total. The topological polar surface area (TPSA) is 61.4 Å². The first-order valence-electron chi connectivity index (χ1n) is 6.39. The lowest BCUT2D eigenvalue weighted by Gasteiger charge is -2.29. The first kappa shape index (κ1) is 16.4. The molecule has 0 aromatic heterocycles. The predicted octanol–water partition coefficient (Wildman–Crippen LogP) is 1.43. The van der Waals surface area contributed by atoms with E-state index in [-0.39, 0.29) is 23.6 Å². The van der Waals surface area contributed by atoms with Crippen LogP contribution in [0.5, 0.6) is 0 Å². The van der Waals surface area contributed by atoms with Gasteiger partial charge in [0.15, 0.2) is 0 Å². The number of aliphatic hydroxyl groups excluding tert-OH is 1. The molecule has 0 rings (SSSR count). The van der Waals surface area contributed by atoms with Crippen LogP contribution in [0.3, 0.4) is 0 Å². The van der Waals surface area contributed by atoms with Gasteiger partial charge in [-0.05, 0) is 40.5 Å². The minimum atomic E-state index is -0.284. The fraction of sp³-hybridized carbons (Fsp3) is 0.923. The zero-order valence-electron chi connectivity index (χ0n) is 11.9. The summed E-state index contributed by atoms with van der Waals surface area (Å²) in [5.74, 6) is 0.0413. The van der Waals surface area contributed by atoms with Crippen LogP contribution in [0.15, 0.2) is 0 Å². The third-order valence-electron chi connectivity index (χ3n) is 2.89. The highest BCUT2D eigenvalue weighted by Gasteiger charge is 2.23. The van der Waals surface area contributed by atoms with E-state index in [1.54, 1.807) is 0 Å². The first-order chi connectivity index (χ1) is 7.72. The molecule has 0 aliphatic rings. The molecule has 0 saturated heterocycles. The second kappa shape index (κ2) is 6.97. The Labute approximate surface area is 105 Å². The van der Waals surface area contributed by atoms with Crippen LogP contribution in [-0.4, -0.2) is 35.2 Å². The molecule has 0 bridgehead atoms. The van der Waals surface area contributed by atoms with E-state index in [1.165, 1.54) is 0 Å². The maximum Gasteiger partial charge on any atom is 0.221 e. The summed E-state index contributed by atoms with van der Waals surface area (Å²) in [6.45, 7) is 11.0. The number of carbonyl (C=O) groups excluding carboxylic acids is 1. The monoisotopic (exact) mass is 244 g/mol. The molecule has 0 aromatic carbocycles. The Morgan fingerprint density at radius 3 is 2.24 bits per heavy atom. The van der Waals surface area contributed by atoms with Crippen molar-refractivity contribution in [3.8, 4) is 0 Å². The zero-order chi connectivity index (χ0) is 13.5. The molecule has 17 heavy (non-hydrogen) atoms. The summed E-state index contributed by atoms with van der Waals surface area (Å²) in [5.41, 5.74) is -0.243. The van der Waals surface area contributed by atoms with Gasteiger partial charge in [-0.2, -0.15) is 0 Å². The van der Waals surface area contributed by atoms with Crippen LogP contribution in [0.1, 0.15) is 53.9 Å². The second-order valence-corrected chi connectivity index (χ2v) is 5.86. The summed E-state index contributed by atoms with van der Waals surface area (Å²) in [4.78, 5) is 11.7. The number of hydrogen-bond acceptors (Lipinski definition) is 3. The zero-order valence-corrected chi connectivity index (χ0v) is 11.9. The van der Waals surface area contributed by atoms with Crippen LogP contribution < -0.4 is 10.6 Å². The minimum absolute atomic E-state index is 0.0411. The van der Waals surface area contributed by atoms with Crippen LogP contribution in [0.2, 0.25) is 0 Å². The lowest BCUT2D eigenvalue weighted by molar-refractivity contribution is -0.123. The van der Waals surface area contributed by atoms with Crippen molar-refractivity contribution in [1.29, 1.82) is 0 Å². The van der Waals surface area contributed by atoms with Gasteiger partial charge in [-0.3, -0.25) is 4.79 Å². The van der Waals surface area contributed by atoms with Gasteiger partial charge < -0.3 is 15.7 Å². The van der Waals surface area contributed by atoms with Gasteiger partial charge in [0, 0.05) is 30.7 Å². The lowest BCUT2D eigenvalue weighted by atomic mass is 9.94. The fourth-order valence-electron chi connectivity index (χ4n) is 1.52. The normalized spacial score (nSPS) is 15.4. The van der Waals surface area contributed by atoms with Crippen molar-refractivity contribution < 1.29 is 9.90 Å². The quantitative estimate of drug-likeness (QED) is 0.635. The molecular weight excluding hydrogens is 216 g/mol. The Morgan fingerprint density at radius 2 is 1.82 bits per heavy atom. The summed E-state index contributed by atoms with van der Waals surface area (Å²) < 4.78 is 0. The highest BCUT2D eigenvalue weighted by molar-refractivity contribution is 5.76. The van der Waals surface area contributed by atoms with Crippen molar-refractivity contribution in [3.63, 3.8) is 0 Å². The van der Waals surface area contributed by atoms with Crippen molar-refractivity contribution in [1.82, 2.24) is 10.6 Å². The van der Waals surface area contributed by atoms with Crippen molar-refractivity contribution >= 4 is 5.91 Å². The van der Waals surface area contributed by atoms with Gasteiger partial charge in [0.05, 0.1) is 0 Å². The number of hydrogen-bond donors (Lipinski definition) is 3. The van der Waals surface area contributed by atoms with E-state index in [9.17, 15) is 4.79 Å². The largest absolute Gasteiger partial charge is 0.396 e. The SMILES string of the molecule is CCC(C)(CCO)NC(=O)CCNC(C)(C)C. The molecule has 1 atom stereocenters. The molecule has 1 unspecified atom stereocenters. The predicted molar refractivity (Wildman–Crippen MR) is 70.9 cm³/mol. The van der Waals surface area contributed by atoms with E-state index in [0.717, 1.165) is 6.42 Å².